The maximum atomic E-state index is 13.1. The molecule has 0 saturated heterocycles. The molecule has 118 valence electrons. The van der Waals surface area contributed by atoms with Crippen LogP contribution in [0.4, 0.5) is 4.39 Å². The van der Waals surface area contributed by atoms with E-state index < -0.39 is 0 Å². The quantitative estimate of drug-likeness (QED) is 0.725. The van der Waals surface area contributed by atoms with Gasteiger partial charge in [0.25, 0.3) is 0 Å². The first-order valence-corrected chi connectivity index (χ1v) is 8.34. The molecule has 0 bridgehead atoms. The Morgan fingerprint density at radius 1 is 1.33 bits per heavy atom. The van der Waals surface area contributed by atoms with Crippen LogP contribution >= 0.6 is 11.6 Å². The van der Waals surface area contributed by atoms with Crippen molar-refractivity contribution < 1.29 is 9.13 Å². The Hall–Kier alpha value is -0.640. The highest BCUT2D eigenvalue weighted by molar-refractivity contribution is 6.30. The van der Waals surface area contributed by atoms with E-state index in [0.717, 1.165) is 25.1 Å². The van der Waals surface area contributed by atoms with Gasteiger partial charge in [0, 0.05) is 12.6 Å². The fourth-order valence-electron chi connectivity index (χ4n) is 2.77. The minimum absolute atomic E-state index is 0.165. The Morgan fingerprint density at radius 2 is 2.10 bits per heavy atom. The number of rotatable bonds is 7. The summed E-state index contributed by atoms with van der Waals surface area (Å²) in [6.07, 6.45) is 7.90. The van der Waals surface area contributed by atoms with Gasteiger partial charge in [0.15, 0.2) is 0 Å². The number of ether oxygens (including phenoxy) is 1. The fraction of sp³-hybridized carbons (Fsp3) is 0.647. The van der Waals surface area contributed by atoms with Gasteiger partial charge in [0.05, 0.1) is 11.1 Å². The first-order valence-electron chi connectivity index (χ1n) is 7.97. The molecule has 0 spiro atoms. The van der Waals surface area contributed by atoms with Gasteiger partial charge in [0.2, 0.25) is 0 Å². The third kappa shape index (κ3) is 5.57. The van der Waals surface area contributed by atoms with Crippen molar-refractivity contribution in [3.63, 3.8) is 0 Å². The van der Waals surface area contributed by atoms with E-state index in [0.29, 0.717) is 6.10 Å². The predicted molar refractivity (Wildman–Crippen MR) is 85.3 cm³/mol. The van der Waals surface area contributed by atoms with E-state index in [-0.39, 0.29) is 16.9 Å². The molecule has 1 aromatic carbocycles. The van der Waals surface area contributed by atoms with E-state index in [4.69, 9.17) is 16.3 Å². The summed E-state index contributed by atoms with van der Waals surface area (Å²) < 4.78 is 19.0. The second-order valence-corrected chi connectivity index (χ2v) is 6.24. The van der Waals surface area contributed by atoms with Gasteiger partial charge in [-0.15, -0.1) is 0 Å². The molecule has 1 saturated carbocycles. The molecular weight excluding hydrogens is 289 g/mol. The Kier molecular flexibility index (Phi) is 6.94. The second kappa shape index (κ2) is 8.72. The van der Waals surface area contributed by atoms with E-state index in [1.165, 1.54) is 38.2 Å². The predicted octanol–water partition coefficient (Wildman–Crippen LogP) is 4.87. The Bertz CT molecular complexity index is 435. The molecule has 4 heteroatoms. The molecule has 2 nitrogen and oxygen atoms in total. The summed E-state index contributed by atoms with van der Waals surface area (Å²) in [7, 11) is 0. The summed E-state index contributed by atoms with van der Waals surface area (Å²) in [5.41, 5.74) is 1.01. The standard InChI is InChI=1S/C17H25ClFNO/c1-13(14-8-9-17(19)16(18)12-14)20-10-5-11-21-15-6-3-2-4-7-15/h8-9,12-13,15,20H,2-7,10-11H2,1H3. The maximum absolute atomic E-state index is 13.1. The first-order chi connectivity index (χ1) is 10.2. The number of hydrogen-bond acceptors (Lipinski definition) is 2. The van der Waals surface area contributed by atoms with Crippen molar-refractivity contribution >= 4 is 11.6 Å². The minimum Gasteiger partial charge on any atom is -0.378 e. The Morgan fingerprint density at radius 3 is 2.81 bits per heavy atom. The average Bonchev–Trinajstić information content (AvgIpc) is 2.50. The first kappa shape index (κ1) is 16.7. The van der Waals surface area contributed by atoms with Crippen molar-refractivity contribution in [3.05, 3.63) is 34.6 Å². The molecule has 0 heterocycles. The molecule has 1 aliphatic carbocycles. The van der Waals surface area contributed by atoms with Crippen LogP contribution in [-0.4, -0.2) is 19.3 Å². The molecule has 0 aromatic heterocycles. The van der Waals surface area contributed by atoms with Gasteiger partial charge in [0.1, 0.15) is 5.82 Å². The summed E-state index contributed by atoms with van der Waals surface area (Å²) in [6, 6.07) is 5.05. The van der Waals surface area contributed by atoms with Crippen LogP contribution in [0.2, 0.25) is 5.02 Å². The van der Waals surface area contributed by atoms with Crippen LogP contribution in [0.5, 0.6) is 0 Å². The molecule has 2 rings (SSSR count). The SMILES string of the molecule is CC(NCCCOC1CCCCC1)c1ccc(F)c(Cl)c1. The van der Waals surface area contributed by atoms with Gasteiger partial charge in [-0.2, -0.15) is 0 Å². The van der Waals surface area contributed by atoms with Crippen LogP contribution in [0.25, 0.3) is 0 Å². The zero-order chi connectivity index (χ0) is 15.1. The maximum Gasteiger partial charge on any atom is 0.141 e. The highest BCUT2D eigenvalue weighted by atomic mass is 35.5. The molecule has 1 unspecified atom stereocenters. The highest BCUT2D eigenvalue weighted by Crippen LogP contribution is 2.21. The summed E-state index contributed by atoms with van der Waals surface area (Å²) in [5.74, 6) is -0.367. The molecule has 1 fully saturated rings. The second-order valence-electron chi connectivity index (χ2n) is 5.83. The van der Waals surface area contributed by atoms with Gasteiger partial charge in [-0.05, 0) is 50.4 Å². The Balaban J connectivity index is 1.62. The lowest BCUT2D eigenvalue weighted by molar-refractivity contribution is 0.0271. The van der Waals surface area contributed by atoms with Crippen molar-refractivity contribution in [2.24, 2.45) is 0 Å². The fourth-order valence-corrected chi connectivity index (χ4v) is 2.96. The molecular formula is C17H25ClFNO. The zero-order valence-corrected chi connectivity index (χ0v) is 13.5. The van der Waals surface area contributed by atoms with E-state index in [1.54, 1.807) is 12.1 Å². The lowest BCUT2D eigenvalue weighted by atomic mass is 9.98. The van der Waals surface area contributed by atoms with Crippen molar-refractivity contribution in [3.8, 4) is 0 Å². The number of halogens is 2. The summed E-state index contributed by atoms with van der Waals surface area (Å²) >= 11 is 5.80. The average molecular weight is 314 g/mol. The monoisotopic (exact) mass is 313 g/mol. The molecule has 21 heavy (non-hydrogen) atoms. The normalized spacial score (nSPS) is 17.9. The van der Waals surface area contributed by atoms with Crippen molar-refractivity contribution in [2.45, 2.75) is 57.6 Å². The van der Waals surface area contributed by atoms with Crippen LogP contribution < -0.4 is 5.32 Å². The third-order valence-corrected chi connectivity index (χ3v) is 4.41. The van der Waals surface area contributed by atoms with Gasteiger partial charge in [-0.25, -0.2) is 4.39 Å². The van der Waals surface area contributed by atoms with E-state index in [1.807, 2.05) is 0 Å². The topological polar surface area (TPSA) is 21.3 Å². The molecule has 1 N–H and O–H groups in total. The van der Waals surface area contributed by atoms with Crippen LogP contribution in [0.1, 0.15) is 57.1 Å². The summed E-state index contributed by atoms with van der Waals surface area (Å²) in [5, 5.41) is 3.60. The van der Waals surface area contributed by atoms with Gasteiger partial charge < -0.3 is 10.1 Å². The van der Waals surface area contributed by atoms with E-state index in [9.17, 15) is 4.39 Å². The largest absolute Gasteiger partial charge is 0.378 e. The number of benzene rings is 1. The Labute approximate surface area is 132 Å². The van der Waals surface area contributed by atoms with Gasteiger partial charge >= 0.3 is 0 Å². The lowest BCUT2D eigenvalue weighted by Gasteiger charge is -2.22. The molecule has 0 amide bonds. The molecule has 1 aliphatic rings. The highest BCUT2D eigenvalue weighted by Gasteiger charge is 2.13. The van der Waals surface area contributed by atoms with E-state index >= 15 is 0 Å². The molecule has 1 aromatic rings. The number of hydrogen-bond donors (Lipinski definition) is 1. The molecule has 0 radical (unpaired) electrons. The van der Waals surface area contributed by atoms with Crippen LogP contribution in [0.3, 0.4) is 0 Å². The van der Waals surface area contributed by atoms with Crippen molar-refractivity contribution in [1.82, 2.24) is 5.32 Å². The van der Waals surface area contributed by atoms with Gasteiger partial charge in [-0.1, -0.05) is 36.9 Å². The summed E-state index contributed by atoms with van der Waals surface area (Å²) in [4.78, 5) is 0. The molecule has 1 atom stereocenters. The smallest absolute Gasteiger partial charge is 0.141 e. The molecule has 0 aliphatic heterocycles. The van der Waals surface area contributed by atoms with Crippen molar-refractivity contribution in [2.75, 3.05) is 13.2 Å². The van der Waals surface area contributed by atoms with Crippen molar-refractivity contribution in [1.29, 1.82) is 0 Å². The van der Waals surface area contributed by atoms with Crippen LogP contribution in [0, 0.1) is 5.82 Å². The summed E-state index contributed by atoms with van der Waals surface area (Å²) in [6.45, 7) is 3.77. The van der Waals surface area contributed by atoms with E-state index in [2.05, 4.69) is 12.2 Å². The number of nitrogens with one attached hydrogen (secondary N) is 1. The zero-order valence-electron chi connectivity index (χ0n) is 12.7. The third-order valence-electron chi connectivity index (χ3n) is 4.12. The minimum atomic E-state index is -0.367. The lowest BCUT2D eigenvalue weighted by Crippen LogP contribution is -2.23. The van der Waals surface area contributed by atoms with Crippen LogP contribution in [-0.2, 0) is 4.74 Å². The van der Waals surface area contributed by atoms with Gasteiger partial charge in [-0.3, -0.25) is 0 Å². The van der Waals surface area contributed by atoms with Crippen LogP contribution in [0.15, 0.2) is 18.2 Å².